The van der Waals surface area contributed by atoms with Crippen LogP contribution in [-0.4, -0.2) is 63.8 Å². The summed E-state index contributed by atoms with van der Waals surface area (Å²) in [5, 5.41) is 3.52. The lowest BCUT2D eigenvalue weighted by Gasteiger charge is -2.38. The molecule has 0 amide bonds. The molecule has 6 nitrogen and oxygen atoms in total. The van der Waals surface area contributed by atoms with E-state index >= 15 is 0 Å². The molecule has 0 aliphatic carbocycles. The smallest absolute Gasteiger partial charge is 0.194 e. The maximum atomic E-state index is 6.18. The van der Waals surface area contributed by atoms with Gasteiger partial charge in [0.05, 0.1) is 18.9 Å². The quantitative estimate of drug-likeness (QED) is 0.549. The number of para-hydroxylation sites is 2. The highest BCUT2D eigenvalue weighted by Crippen LogP contribution is 2.34. The van der Waals surface area contributed by atoms with Crippen molar-refractivity contribution in [2.24, 2.45) is 10.9 Å². The molecule has 0 saturated carbocycles. The number of anilines is 1. The number of nitrogens with zero attached hydrogens (tertiary/aromatic N) is 3. The third-order valence-corrected chi connectivity index (χ3v) is 6.39. The molecule has 2 unspecified atom stereocenters. The average molecular weight is 437 g/mol. The topological polar surface area (TPSA) is 49.3 Å². The fourth-order valence-corrected chi connectivity index (χ4v) is 4.72. The molecule has 2 atom stereocenters. The first kappa shape index (κ1) is 22.5. The van der Waals surface area contributed by atoms with Crippen molar-refractivity contribution < 1.29 is 9.47 Å². The molecule has 2 aliphatic rings. The molecule has 0 aromatic heterocycles. The van der Waals surface area contributed by atoms with Crippen LogP contribution in [0.15, 0.2) is 59.6 Å². The van der Waals surface area contributed by atoms with Crippen molar-refractivity contribution in [2.45, 2.75) is 25.9 Å². The van der Waals surface area contributed by atoms with Crippen LogP contribution in [0.4, 0.5) is 5.69 Å². The van der Waals surface area contributed by atoms with Crippen LogP contribution in [0.3, 0.4) is 0 Å². The molecule has 6 heteroatoms. The second-order valence-corrected chi connectivity index (χ2v) is 8.44. The number of rotatable bonds is 6. The van der Waals surface area contributed by atoms with Gasteiger partial charge in [-0.15, -0.1) is 0 Å². The lowest BCUT2D eigenvalue weighted by molar-refractivity contribution is -0.0250. The summed E-state index contributed by atoms with van der Waals surface area (Å²) in [6.07, 6.45) is 2.40. The van der Waals surface area contributed by atoms with Crippen molar-refractivity contribution in [1.82, 2.24) is 10.2 Å². The van der Waals surface area contributed by atoms with Crippen LogP contribution < -0.4 is 15.0 Å². The second kappa shape index (κ2) is 11.2. The molecule has 4 rings (SSSR count). The van der Waals surface area contributed by atoms with Crippen molar-refractivity contribution in [3.63, 3.8) is 0 Å². The molecule has 0 spiro atoms. The fourth-order valence-electron chi connectivity index (χ4n) is 4.72. The Morgan fingerprint density at radius 3 is 2.56 bits per heavy atom. The molecule has 172 valence electrons. The SMILES string of the molecule is CCNC(=NCC1CCCOC1c1ccccc1)N1CCN(c2ccccc2OC)CC1. The number of piperazine rings is 1. The summed E-state index contributed by atoms with van der Waals surface area (Å²) >= 11 is 0. The van der Waals surface area contributed by atoms with Gasteiger partial charge in [0.25, 0.3) is 0 Å². The second-order valence-electron chi connectivity index (χ2n) is 8.44. The molecule has 2 aromatic carbocycles. The van der Waals surface area contributed by atoms with Crippen LogP contribution in [0.2, 0.25) is 0 Å². The van der Waals surface area contributed by atoms with E-state index in [1.807, 2.05) is 12.1 Å². The highest BCUT2D eigenvalue weighted by atomic mass is 16.5. The largest absolute Gasteiger partial charge is 0.495 e. The van der Waals surface area contributed by atoms with Gasteiger partial charge in [-0.05, 0) is 37.5 Å². The van der Waals surface area contributed by atoms with Crippen LogP contribution >= 0.6 is 0 Å². The summed E-state index contributed by atoms with van der Waals surface area (Å²) in [6.45, 7) is 8.40. The molecule has 2 heterocycles. The van der Waals surface area contributed by atoms with E-state index < -0.39 is 0 Å². The van der Waals surface area contributed by atoms with Gasteiger partial charge in [0, 0.05) is 51.8 Å². The Bertz CT molecular complexity index is 865. The van der Waals surface area contributed by atoms with Gasteiger partial charge in [0.15, 0.2) is 5.96 Å². The maximum absolute atomic E-state index is 6.18. The van der Waals surface area contributed by atoms with Gasteiger partial charge in [0.1, 0.15) is 5.75 Å². The minimum Gasteiger partial charge on any atom is -0.495 e. The third-order valence-electron chi connectivity index (χ3n) is 6.39. The summed E-state index contributed by atoms with van der Waals surface area (Å²) in [5.41, 5.74) is 2.43. The van der Waals surface area contributed by atoms with E-state index in [-0.39, 0.29) is 6.10 Å². The summed E-state index contributed by atoms with van der Waals surface area (Å²) in [7, 11) is 1.74. The number of benzene rings is 2. The lowest BCUT2D eigenvalue weighted by Crippen LogP contribution is -2.52. The van der Waals surface area contributed by atoms with Crippen molar-refractivity contribution in [1.29, 1.82) is 0 Å². The van der Waals surface area contributed by atoms with E-state index in [9.17, 15) is 0 Å². The van der Waals surface area contributed by atoms with E-state index in [1.54, 1.807) is 7.11 Å². The summed E-state index contributed by atoms with van der Waals surface area (Å²) < 4.78 is 11.7. The van der Waals surface area contributed by atoms with Crippen molar-refractivity contribution in [2.75, 3.05) is 57.9 Å². The minimum absolute atomic E-state index is 0.138. The lowest BCUT2D eigenvalue weighted by atomic mass is 9.89. The number of hydrogen-bond donors (Lipinski definition) is 1. The van der Waals surface area contributed by atoms with E-state index in [0.29, 0.717) is 5.92 Å². The Hall–Kier alpha value is -2.73. The zero-order valence-corrected chi connectivity index (χ0v) is 19.4. The number of guanidine groups is 1. The van der Waals surface area contributed by atoms with E-state index in [1.165, 1.54) is 11.3 Å². The van der Waals surface area contributed by atoms with Gasteiger partial charge in [-0.2, -0.15) is 0 Å². The van der Waals surface area contributed by atoms with Crippen molar-refractivity contribution in [3.8, 4) is 5.75 Å². The molecule has 0 radical (unpaired) electrons. The molecule has 2 fully saturated rings. The van der Waals surface area contributed by atoms with Crippen molar-refractivity contribution >= 4 is 11.6 Å². The molecular formula is C26H36N4O2. The fraction of sp³-hybridized carbons (Fsp3) is 0.500. The van der Waals surface area contributed by atoms with Crippen LogP contribution in [0, 0.1) is 5.92 Å². The van der Waals surface area contributed by atoms with Crippen molar-refractivity contribution in [3.05, 3.63) is 60.2 Å². The molecule has 32 heavy (non-hydrogen) atoms. The number of hydrogen-bond acceptors (Lipinski definition) is 4. The molecule has 0 bridgehead atoms. The van der Waals surface area contributed by atoms with Crippen LogP contribution in [-0.2, 0) is 4.74 Å². The van der Waals surface area contributed by atoms with E-state index in [0.717, 1.165) is 70.4 Å². The predicted octanol–water partition coefficient (Wildman–Crippen LogP) is 3.95. The number of nitrogens with one attached hydrogen (secondary N) is 1. The van der Waals surface area contributed by atoms with Gasteiger partial charge in [-0.3, -0.25) is 4.99 Å². The van der Waals surface area contributed by atoms with Gasteiger partial charge in [0.2, 0.25) is 0 Å². The summed E-state index contributed by atoms with van der Waals surface area (Å²) in [4.78, 5) is 9.86. The Kier molecular flexibility index (Phi) is 7.88. The monoisotopic (exact) mass is 436 g/mol. The van der Waals surface area contributed by atoms with Gasteiger partial charge in [-0.25, -0.2) is 0 Å². The number of aliphatic imine (C=N–C) groups is 1. The molecule has 2 aliphatic heterocycles. The first-order valence-electron chi connectivity index (χ1n) is 11.9. The molecule has 2 aromatic rings. The molecule has 1 N–H and O–H groups in total. The van der Waals surface area contributed by atoms with E-state index in [4.69, 9.17) is 14.5 Å². The Morgan fingerprint density at radius 2 is 1.81 bits per heavy atom. The molecule has 2 saturated heterocycles. The normalized spacial score (nSPS) is 22.0. The third kappa shape index (κ3) is 5.36. The van der Waals surface area contributed by atoms with Crippen LogP contribution in [0.25, 0.3) is 0 Å². The zero-order chi connectivity index (χ0) is 22.2. The predicted molar refractivity (Wildman–Crippen MR) is 131 cm³/mol. The minimum atomic E-state index is 0.138. The highest BCUT2D eigenvalue weighted by Gasteiger charge is 2.28. The highest BCUT2D eigenvalue weighted by molar-refractivity contribution is 5.80. The van der Waals surface area contributed by atoms with E-state index in [2.05, 4.69) is 64.5 Å². The summed E-state index contributed by atoms with van der Waals surface area (Å²) in [5.74, 6) is 2.37. The van der Waals surface area contributed by atoms with Crippen LogP contribution in [0.5, 0.6) is 5.75 Å². The van der Waals surface area contributed by atoms with Gasteiger partial charge in [-0.1, -0.05) is 42.5 Å². The first-order chi connectivity index (χ1) is 15.8. The first-order valence-corrected chi connectivity index (χ1v) is 11.9. The summed E-state index contributed by atoms with van der Waals surface area (Å²) in [6, 6.07) is 18.9. The Morgan fingerprint density at radius 1 is 1.06 bits per heavy atom. The number of ether oxygens (including phenoxy) is 2. The standard InChI is InChI=1S/C26H36N4O2/c1-3-27-26(28-20-22-12-9-19-32-25(22)21-10-5-4-6-11-21)30-17-15-29(16-18-30)23-13-7-8-14-24(23)31-2/h4-8,10-11,13-14,22,25H,3,9,12,15-20H2,1-2H3,(H,27,28). The average Bonchev–Trinajstić information content (AvgIpc) is 2.87. The maximum Gasteiger partial charge on any atom is 0.194 e. The van der Waals surface area contributed by atoms with Gasteiger partial charge >= 0.3 is 0 Å². The zero-order valence-electron chi connectivity index (χ0n) is 19.4. The Labute approximate surface area is 192 Å². The molecular weight excluding hydrogens is 400 g/mol. The Balaban J connectivity index is 1.41. The van der Waals surface area contributed by atoms with Gasteiger partial charge < -0.3 is 24.6 Å². The van der Waals surface area contributed by atoms with Crippen LogP contribution in [0.1, 0.15) is 31.4 Å². The number of methoxy groups -OCH3 is 1.